The number of anilines is 1. The van der Waals surface area contributed by atoms with Crippen LogP contribution in [0, 0.1) is 5.92 Å². The summed E-state index contributed by atoms with van der Waals surface area (Å²) in [6.45, 7) is 3.28. The molecule has 0 aromatic heterocycles. The normalized spacial score (nSPS) is 14.2. The molecule has 1 fully saturated rings. The van der Waals surface area contributed by atoms with Crippen molar-refractivity contribution < 1.29 is 4.79 Å². The van der Waals surface area contributed by atoms with Gasteiger partial charge in [0.05, 0.1) is 5.69 Å². The standard InChI is InChI=1S/C26H28ClN3O/c27-23-10-6-7-21(17-23)19-30(18-20-13-15-28-16-14-20)26(31)29-25-12-5-4-11-24(25)22-8-2-1-3-9-22/h1-12,17,20,28H,13-16,18-19H2,(H,29,31). The van der Waals surface area contributed by atoms with Gasteiger partial charge in [-0.15, -0.1) is 0 Å². The highest BCUT2D eigenvalue weighted by molar-refractivity contribution is 6.30. The van der Waals surface area contributed by atoms with E-state index in [9.17, 15) is 4.79 Å². The van der Waals surface area contributed by atoms with E-state index in [4.69, 9.17) is 11.6 Å². The Morgan fingerprint density at radius 1 is 0.968 bits per heavy atom. The summed E-state index contributed by atoms with van der Waals surface area (Å²) in [6, 6.07) is 25.8. The van der Waals surface area contributed by atoms with Crippen LogP contribution >= 0.6 is 11.6 Å². The van der Waals surface area contributed by atoms with E-state index in [-0.39, 0.29) is 6.03 Å². The van der Waals surface area contributed by atoms with Crippen LogP contribution in [-0.4, -0.2) is 30.6 Å². The molecule has 31 heavy (non-hydrogen) atoms. The van der Waals surface area contributed by atoms with Gasteiger partial charge in [-0.05, 0) is 61.2 Å². The minimum atomic E-state index is -0.0816. The van der Waals surface area contributed by atoms with Crippen LogP contribution in [0.5, 0.6) is 0 Å². The number of hydrogen-bond acceptors (Lipinski definition) is 2. The molecule has 1 aliphatic heterocycles. The van der Waals surface area contributed by atoms with Gasteiger partial charge in [0.1, 0.15) is 0 Å². The molecule has 0 unspecified atom stereocenters. The molecule has 4 rings (SSSR count). The molecule has 0 radical (unpaired) electrons. The molecule has 3 aromatic rings. The zero-order valence-electron chi connectivity index (χ0n) is 17.6. The van der Waals surface area contributed by atoms with Gasteiger partial charge in [-0.2, -0.15) is 0 Å². The first-order chi connectivity index (χ1) is 15.2. The predicted octanol–water partition coefficient (Wildman–Crippen LogP) is 6.04. The quantitative estimate of drug-likeness (QED) is 0.497. The average Bonchev–Trinajstić information content (AvgIpc) is 2.80. The number of urea groups is 1. The van der Waals surface area contributed by atoms with Crippen LogP contribution in [0.2, 0.25) is 5.02 Å². The minimum absolute atomic E-state index is 0.0816. The maximum atomic E-state index is 13.4. The first-order valence-electron chi connectivity index (χ1n) is 10.8. The van der Waals surface area contributed by atoms with Gasteiger partial charge in [0, 0.05) is 23.7 Å². The topological polar surface area (TPSA) is 44.4 Å². The van der Waals surface area contributed by atoms with Crippen LogP contribution in [0.1, 0.15) is 18.4 Å². The third kappa shape index (κ3) is 5.87. The van der Waals surface area contributed by atoms with Crippen molar-refractivity contribution in [3.8, 4) is 11.1 Å². The average molecular weight is 434 g/mol. The highest BCUT2D eigenvalue weighted by Gasteiger charge is 2.22. The maximum Gasteiger partial charge on any atom is 0.322 e. The molecule has 2 amide bonds. The van der Waals surface area contributed by atoms with Crippen molar-refractivity contribution in [2.24, 2.45) is 5.92 Å². The van der Waals surface area contributed by atoms with Crippen molar-refractivity contribution in [1.82, 2.24) is 10.2 Å². The number of amides is 2. The van der Waals surface area contributed by atoms with Crippen LogP contribution < -0.4 is 10.6 Å². The van der Waals surface area contributed by atoms with E-state index in [0.717, 1.165) is 54.9 Å². The van der Waals surface area contributed by atoms with Crippen molar-refractivity contribution >= 4 is 23.3 Å². The lowest BCUT2D eigenvalue weighted by molar-refractivity contribution is 0.189. The van der Waals surface area contributed by atoms with Crippen molar-refractivity contribution in [3.63, 3.8) is 0 Å². The fourth-order valence-corrected chi connectivity index (χ4v) is 4.32. The van der Waals surface area contributed by atoms with Gasteiger partial charge >= 0.3 is 6.03 Å². The smallest absolute Gasteiger partial charge is 0.320 e. The molecular formula is C26H28ClN3O. The summed E-state index contributed by atoms with van der Waals surface area (Å²) >= 11 is 6.19. The molecule has 0 bridgehead atoms. The highest BCUT2D eigenvalue weighted by atomic mass is 35.5. The number of para-hydroxylation sites is 1. The number of carbonyl (C=O) groups excluding carboxylic acids is 1. The van der Waals surface area contributed by atoms with Crippen LogP contribution in [-0.2, 0) is 6.54 Å². The van der Waals surface area contributed by atoms with E-state index in [1.807, 2.05) is 71.6 Å². The molecule has 4 nitrogen and oxygen atoms in total. The summed E-state index contributed by atoms with van der Waals surface area (Å²) in [5, 5.41) is 7.26. The zero-order chi connectivity index (χ0) is 21.5. The van der Waals surface area contributed by atoms with Gasteiger partial charge in [-0.1, -0.05) is 72.3 Å². The molecule has 3 aromatic carbocycles. The first-order valence-corrected chi connectivity index (χ1v) is 11.2. The van der Waals surface area contributed by atoms with E-state index < -0.39 is 0 Å². The summed E-state index contributed by atoms with van der Waals surface area (Å²) in [5.74, 6) is 0.496. The van der Waals surface area contributed by atoms with Gasteiger partial charge in [0.2, 0.25) is 0 Å². The van der Waals surface area contributed by atoms with Crippen molar-refractivity contribution in [3.05, 3.63) is 89.4 Å². The Balaban J connectivity index is 1.55. The van der Waals surface area contributed by atoms with Crippen LogP contribution in [0.15, 0.2) is 78.9 Å². The largest absolute Gasteiger partial charge is 0.322 e. The molecular weight excluding hydrogens is 406 g/mol. The van der Waals surface area contributed by atoms with Crippen molar-refractivity contribution in [2.45, 2.75) is 19.4 Å². The predicted molar refractivity (Wildman–Crippen MR) is 128 cm³/mol. The lowest BCUT2D eigenvalue weighted by Crippen LogP contribution is -2.41. The Hall–Kier alpha value is -2.82. The van der Waals surface area contributed by atoms with E-state index >= 15 is 0 Å². The third-order valence-corrected chi connectivity index (χ3v) is 5.98. The molecule has 0 saturated carbocycles. The molecule has 1 saturated heterocycles. The number of halogens is 1. The summed E-state index contributed by atoms with van der Waals surface area (Å²) in [6.07, 6.45) is 2.17. The van der Waals surface area contributed by atoms with E-state index in [0.29, 0.717) is 17.5 Å². The van der Waals surface area contributed by atoms with Crippen molar-refractivity contribution in [1.29, 1.82) is 0 Å². The molecule has 1 aliphatic rings. The highest BCUT2D eigenvalue weighted by Crippen LogP contribution is 2.28. The molecule has 0 atom stereocenters. The van der Waals surface area contributed by atoms with Crippen molar-refractivity contribution in [2.75, 3.05) is 25.0 Å². The number of benzene rings is 3. The molecule has 0 aliphatic carbocycles. The Morgan fingerprint density at radius 3 is 2.48 bits per heavy atom. The van der Waals surface area contributed by atoms with E-state index in [1.54, 1.807) is 0 Å². The molecule has 1 heterocycles. The lowest BCUT2D eigenvalue weighted by Gasteiger charge is -2.30. The second-order valence-electron chi connectivity index (χ2n) is 8.05. The molecule has 160 valence electrons. The second kappa shape index (κ2) is 10.5. The van der Waals surface area contributed by atoms with Crippen LogP contribution in [0.4, 0.5) is 10.5 Å². The van der Waals surface area contributed by atoms with Gasteiger partial charge in [-0.25, -0.2) is 4.79 Å². The van der Waals surface area contributed by atoms with Gasteiger partial charge in [0.15, 0.2) is 0 Å². The minimum Gasteiger partial charge on any atom is -0.320 e. The lowest BCUT2D eigenvalue weighted by atomic mass is 9.97. The summed E-state index contributed by atoms with van der Waals surface area (Å²) in [5.41, 5.74) is 3.95. The zero-order valence-corrected chi connectivity index (χ0v) is 18.3. The summed E-state index contributed by atoms with van der Waals surface area (Å²) in [7, 11) is 0. The summed E-state index contributed by atoms with van der Waals surface area (Å²) in [4.78, 5) is 15.3. The Labute approximate surface area is 189 Å². The second-order valence-corrected chi connectivity index (χ2v) is 8.48. The number of carbonyl (C=O) groups is 1. The Kier molecular flexibility index (Phi) is 7.23. The van der Waals surface area contributed by atoms with Crippen LogP contribution in [0.25, 0.3) is 11.1 Å². The maximum absolute atomic E-state index is 13.4. The van der Waals surface area contributed by atoms with Gasteiger partial charge in [0.25, 0.3) is 0 Å². The summed E-state index contributed by atoms with van der Waals surface area (Å²) < 4.78 is 0. The monoisotopic (exact) mass is 433 g/mol. The van der Waals surface area contributed by atoms with E-state index in [1.165, 1.54) is 0 Å². The number of rotatable bonds is 6. The number of nitrogens with zero attached hydrogens (tertiary/aromatic N) is 1. The van der Waals surface area contributed by atoms with Crippen LogP contribution in [0.3, 0.4) is 0 Å². The van der Waals surface area contributed by atoms with E-state index in [2.05, 4.69) is 22.8 Å². The SMILES string of the molecule is O=C(Nc1ccccc1-c1ccccc1)N(Cc1cccc(Cl)c1)CC1CCNCC1. The fraction of sp³-hybridized carbons (Fsp3) is 0.269. The Morgan fingerprint density at radius 2 is 1.71 bits per heavy atom. The molecule has 0 spiro atoms. The number of piperidine rings is 1. The van der Waals surface area contributed by atoms with Gasteiger partial charge in [-0.3, -0.25) is 0 Å². The molecule has 2 N–H and O–H groups in total. The fourth-order valence-electron chi connectivity index (χ4n) is 4.11. The van der Waals surface area contributed by atoms with Gasteiger partial charge < -0.3 is 15.5 Å². The third-order valence-electron chi connectivity index (χ3n) is 5.74. The first kappa shape index (κ1) is 21.4. The Bertz CT molecular complexity index is 1000. The number of nitrogens with one attached hydrogen (secondary N) is 2. The molecule has 5 heteroatoms. The number of hydrogen-bond donors (Lipinski definition) is 2.